The van der Waals surface area contributed by atoms with E-state index in [1.54, 1.807) is 4.57 Å². The standard InChI is InChI=1S/C20H18N4O3/c1-3-27-15-11-7-6-10-14(15)24-18(21)16(20(25)26-2)17-19(24)23-13-9-5-4-8-12(13)22-17/h4-11H,3,21H2,1-2H3. The van der Waals surface area contributed by atoms with Crippen molar-refractivity contribution in [2.75, 3.05) is 19.5 Å². The van der Waals surface area contributed by atoms with Crippen LogP contribution >= 0.6 is 0 Å². The van der Waals surface area contributed by atoms with E-state index in [1.807, 2.05) is 55.5 Å². The van der Waals surface area contributed by atoms with Gasteiger partial charge in [-0.1, -0.05) is 24.3 Å². The minimum absolute atomic E-state index is 0.192. The van der Waals surface area contributed by atoms with Crippen molar-refractivity contribution < 1.29 is 14.3 Å². The molecule has 7 nitrogen and oxygen atoms in total. The predicted octanol–water partition coefficient (Wildman–Crippen LogP) is 3.34. The van der Waals surface area contributed by atoms with Gasteiger partial charge in [-0.2, -0.15) is 0 Å². The zero-order valence-corrected chi connectivity index (χ0v) is 15.0. The third-order valence-corrected chi connectivity index (χ3v) is 4.29. The molecule has 0 radical (unpaired) electrons. The summed E-state index contributed by atoms with van der Waals surface area (Å²) in [7, 11) is 1.31. The fourth-order valence-corrected chi connectivity index (χ4v) is 3.13. The largest absolute Gasteiger partial charge is 0.492 e. The molecule has 4 rings (SSSR count). The average molecular weight is 362 g/mol. The molecule has 0 aliphatic rings. The number of esters is 1. The number of nitrogens with zero attached hydrogens (tertiary/aromatic N) is 3. The number of benzene rings is 2. The highest BCUT2D eigenvalue weighted by Crippen LogP contribution is 2.34. The molecule has 0 aliphatic heterocycles. The summed E-state index contributed by atoms with van der Waals surface area (Å²) in [5.41, 5.74) is 9.49. The summed E-state index contributed by atoms with van der Waals surface area (Å²) in [6.45, 7) is 2.40. The van der Waals surface area contributed by atoms with E-state index >= 15 is 0 Å². The van der Waals surface area contributed by atoms with E-state index in [0.717, 1.165) is 0 Å². The lowest BCUT2D eigenvalue weighted by Crippen LogP contribution is -2.08. The number of nitrogens with two attached hydrogens (primary N) is 1. The fourth-order valence-electron chi connectivity index (χ4n) is 3.13. The number of hydrogen-bond donors (Lipinski definition) is 1. The van der Waals surface area contributed by atoms with E-state index in [9.17, 15) is 4.79 Å². The van der Waals surface area contributed by atoms with E-state index < -0.39 is 5.97 Å². The second-order valence-corrected chi connectivity index (χ2v) is 5.87. The van der Waals surface area contributed by atoms with Crippen molar-refractivity contribution >= 4 is 34.0 Å². The van der Waals surface area contributed by atoms with E-state index in [4.69, 9.17) is 20.2 Å². The normalized spacial score (nSPS) is 11.0. The molecule has 0 bridgehead atoms. The van der Waals surface area contributed by atoms with Gasteiger partial charge in [0.2, 0.25) is 0 Å². The van der Waals surface area contributed by atoms with E-state index in [0.29, 0.717) is 40.2 Å². The van der Waals surface area contributed by atoms with Gasteiger partial charge in [-0.05, 0) is 31.2 Å². The average Bonchev–Trinajstić information content (AvgIpc) is 2.97. The first-order valence-corrected chi connectivity index (χ1v) is 8.53. The first-order chi connectivity index (χ1) is 13.2. The van der Waals surface area contributed by atoms with Crippen LogP contribution in [0, 0.1) is 0 Å². The number of methoxy groups -OCH3 is 1. The lowest BCUT2D eigenvalue weighted by atomic mass is 10.2. The maximum absolute atomic E-state index is 12.4. The highest BCUT2D eigenvalue weighted by atomic mass is 16.5. The Bertz CT molecular complexity index is 1170. The van der Waals surface area contributed by atoms with Gasteiger partial charge in [-0.25, -0.2) is 14.8 Å². The smallest absolute Gasteiger partial charge is 0.343 e. The first-order valence-electron chi connectivity index (χ1n) is 8.53. The van der Waals surface area contributed by atoms with Gasteiger partial charge in [-0.15, -0.1) is 0 Å². The molecule has 0 amide bonds. The van der Waals surface area contributed by atoms with Gasteiger partial charge in [0, 0.05) is 0 Å². The third-order valence-electron chi connectivity index (χ3n) is 4.29. The van der Waals surface area contributed by atoms with Gasteiger partial charge in [0.15, 0.2) is 5.65 Å². The van der Waals surface area contributed by atoms with Crippen molar-refractivity contribution in [1.82, 2.24) is 14.5 Å². The maximum atomic E-state index is 12.4. The van der Waals surface area contributed by atoms with Crippen LogP contribution in [0.3, 0.4) is 0 Å². The Morgan fingerprint density at radius 1 is 1.07 bits per heavy atom. The molecule has 0 aliphatic carbocycles. The summed E-state index contributed by atoms with van der Waals surface area (Å²) in [6.07, 6.45) is 0. The topological polar surface area (TPSA) is 92.3 Å². The Hall–Kier alpha value is -3.61. The molecule has 0 atom stereocenters. The Labute approximate surface area is 155 Å². The Balaban J connectivity index is 2.13. The SMILES string of the molecule is CCOc1ccccc1-n1c(N)c(C(=O)OC)c2nc3ccccc3nc21. The van der Waals surface area contributed by atoms with Gasteiger partial charge in [0.1, 0.15) is 22.6 Å². The molecule has 7 heteroatoms. The second-order valence-electron chi connectivity index (χ2n) is 5.87. The monoisotopic (exact) mass is 362 g/mol. The highest BCUT2D eigenvalue weighted by molar-refractivity contribution is 6.09. The molecule has 0 saturated carbocycles. The number of para-hydroxylation sites is 4. The number of rotatable bonds is 4. The van der Waals surface area contributed by atoms with Crippen molar-refractivity contribution in [2.24, 2.45) is 0 Å². The second kappa shape index (κ2) is 6.60. The van der Waals surface area contributed by atoms with Crippen LogP contribution in [0.4, 0.5) is 5.82 Å². The molecule has 2 heterocycles. The van der Waals surface area contributed by atoms with Gasteiger partial charge in [-0.3, -0.25) is 4.57 Å². The Morgan fingerprint density at radius 2 is 1.74 bits per heavy atom. The summed E-state index contributed by atoms with van der Waals surface area (Å²) in [5.74, 6) is 0.281. The highest BCUT2D eigenvalue weighted by Gasteiger charge is 2.26. The Morgan fingerprint density at radius 3 is 2.44 bits per heavy atom. The van der Waals surface area contributed by atoms with Crippen LogP contribution < -0.4 is 10.5 Å². The van der Waals surface area contributed by atoms with Crippen molar-refractivity contribution in [3.05, 3.63) is 54.1 Å². The minimum Gasteiger partial charge on any atom is -0.492 e. The van der Waals surface area contributed by atoms with E-state index in [-0.39, 0.29) is 11.4 Å². The van der Waals surface area contributed by atoms with Crippen LogP contribution in [0.2, 0.25) is 0 Å². The lowest BCUT2D eigenvalue weighted by Gasteiger charge is -2.13. The van der Waals surface area contributed by atoms with Crippen LogP contribution in [0.1, 0.15) is 17.3 Å². The molecule has 2 N–H and O–H groups in total. The molecule has 0 fully saturated rings. The quantitative estimate of drug-likeness (QED) is 0.560. The fraction of sp³-hybridized carbons (Fsp3) is 0.150. The van der Waals surface area contributed by atoms with Gasteiger partial charge >= 0.3 is 5.97 Å². The molecular formula is C20H18N4O3. The van der Waals surface area contributed by atoms with Crippen molar-refractivity contribution in [3.63, 3.8) is 0 Å². The van der Waals surface area contributed by atoms with Crippen LogP contribution in [0.15, 0.2) is 48.5 Å². The number of nitrogen functional groups attached to an aromatic ring is 1. The molecule has 27 heavy (non-hydrogen) atoms. The van der Waals surface area contributed by atoms with Gasteiger partial charge in [0.05, 0.1) is 30.4 Å². The summed E-state index contributed by atoms with van der Waals surface area (Å²) in [6, 6.07) is 14.9. The zero-order valence-electron chi connectivity index (χ0n) is 15.0. The van der Waals surface area contributed by atoms with Crippen LogP contribution in [-0.4, -0.2) is 34.2 Å². The number of anilines is 1. The van der Waals surface area contributed by atoms with E-state index in [1.165, 1.54) is 7.11 Å². The molecule has 0 unspecified atom stereocenters. The summed E-state index contributed by atoms with van der Waals surface area (Å²) >= 11 is 0. The molecular weight excluding hydrogens is 344 g/mol. The van der Waals surface area contributed by atoms with Gasteiger partial charge in [0.25, 0.3) is 0 Å². The molecule has 136 valence electrons. The van der Waals surface area contributed by atoms with Crippen molar-refractivity contribution in [3.8, 4) is 11.4 Å². The summed E-state index contributed by atoms with van der Waals surface area (Å²) in [4.78, 5) is 21.8. The molecule has 2 aromatic heterocycles. The molecule has 2 aromatic carbocycles. The summed E-state index contributed by atoms with van der Waals surface area (Å²) in [5, 5.41) is 0. The number of carbonyl (C=O) groups is 1. The molecule has 4 aromatic rings. The van der Waals surface area contributed by atoms with Crippen LogP contribution in [0.25, 0.3) is 27.9 Å². The molecule has 0 saturated heterocycles. The number of aromatic nitrogens is 3. The van der Waals surface area contributed by atoms with Crippen LogP contribution in [-0.2, 0) is 4.74 Å². The first kappa shape index (κ1) is 16.8. The van der Waals surface area contributed by atoms with Gasteiger partial charge < -0.3 is 15.2 Å². The number of hydrogen-bond acceptors (Lipinski definition) is 6. The number of carbonyl (C=O) groups excluding carboxylic acids is 1. The lowest BCUT2D eigenvalue weighted by molar-refractivity contribution is 0.0604. The Kier molecular flexibility index (Phi) is 4.12. The number of fused-ring (bicyclic) bond motifs is 2. The molecule has 0 spiro atoms. The van der Waals surface area contributed by atoms with Crippen molar-refractivity contribution in [2.45, 2.75) is 6.92 Å². The zero-order chi connectivity index (χ0) is 19.0. The van der Waals surface area contributed by atoms with Crippen molar-refractivity contribution in [1.29, 1.82) is 0 Å². The number of ether oxygens (including phenoxy) is 2. The summed E-state index contributed by atoms with van der Waals surface area (Å²) < 4.78 is 12.4. The third kappa shape index (κ3) is 2.64. The maximum Gasteiger partial charge on any atom is 0.343 e. The van der Waals surface area contributed by atoms with Crippen LogP contribution in [0.5, 0.6) is 5.75 Å². The minimum atomic E-state index is -0.560. The predicted molar refractivity (Wildman–Crippen MR) is 103 cm³/mol. The van der Waals surface area contributed by atoms with E-state index in [2.05, 4.69) is 4.98 Å².